The number of halogens is 2. The smallest absolute Gasteiger partial charge is 0.224 e. The first-order valence-electron chi connectivity index (χ1n) is 9.23. The van der Waals surface area contributed by atoms with Gasteiger partial charge in [-0.2, -0.15) is 0 Å². The predicted octanol–water partition coefficient (Wildman–Crippen LogP) is 5.26. The summed E-state index contributed by atoms with van der Waals surface area (Å²) < 4.78 is 0. The summed E-state index contributed by atoms with van der Waals surface area (Å²) in [5.41, 5.74) is 2.79. The molecule has 0 bridgehead atoms. The van der Waals surface area contributed by atoms with Crippen molar-refractivity contribution in [1.29, 1.82) is 0 Å². The first-order chi connectivity index (χ1) is 12.6. The molecule has 2 aromatic carbocycles. The minimum Gasteiger partial charge on any atom is -0.377 e. The van der Waals surface area contributed by atoms with Gasteiger partial charge in [0.05, 0.1) is 10.7 Å². The van der Waals surface area contributed by atoms with Crippen molar-refractivity contribution in [1.82, 2.24) is 5.32 Å². The van der Waals surface area contributed by atoms with Gasteiger partial charge in [0.25, 0.3) is 0 Å². The number of benzene rings is 2. The fourth-order valence-electron chi connectivity index (χ4n) is 3.29. The van der Waals surface area contributed by atoms with E-state index in [2.05, 4.69) is 35.0 Å². The molecule has 2 unspecified atom stereocenters. The van der Waals surface area contributed by atoms with Gasteiger partial charge in [0.2, 0.25) is 5.91 Å². The van der Waals surface area contributed by atoms with Crippen LogP contribution in [0.15, 0.2) is 48.5 Å². The summed E-state index contributed by atoms with van der Waals surface area (Å²) >= 11 is 6.40. The van der Waals surface area contributed by atoms with Gasteiger partial charge in [0.15, 0.2) is 0 Å². The van der Waals surface area contributed by atoms with E-state index in [4.69, 9.17) is 11.6 Å². The van der Waals surface area contributed by atoms with Crippen LogP contribution >= 0.6 is 24.0 Å². The minimum absolute atomic E-state index is 0. The maximum absolute atomic E-state index is 12.1. The molecule has 27 heavy (non-hydrogen) atoms. The number of hydrogen-bond acceptors (Lipinski definition) is 3. The summed E-state index contributed by atoms with van der Waals surface area (Å²) in [4.78, 5) is 12.1. The zero-order valence-corrected chi connectivity index (χ0v) is 17.1. The van der Waals surface area contributed by atoms with Crippen LogP contribution in [0.2, 0.25) is 5.02 Å². The molecule has 1 aliphatic heterocycles. The lowest BCUT2D eigenvalue weighted by molar-refractivity contribution is -0.116. The standard InChI is InChI=1S/C21H26ClN3O.ClH/c1-15(17-5-3-2-4-6-17)24-20-9-8-18(13-19(20)22)25-21(26)10-7-16-11-12-23-14-16;/h2-6,8-9,13,15-16,23-24H,7,10-12,14H2,1H3,(H,25,26);1H. The molecule has 0 aliphatic carbocycles. The van der Waals surface area contributed by atoms with Crippen molar-refractivity contribution in [3.8, 4) is 0 Å². The first-order valence-corrected chi connectivity index (χ1v) is 9.61. The zero-order chi connectivity index (χ0) is 18.4. The van der Waals surface area contributed by atoms with Gasteiger partial charge in [-0.25, -0.2) is 0 Å². The van der Waals surface area contributed by atoms with Crippen LogP contribution in [-0.2, 0) is 4.79 Å². The van der Waals surface area contributed by atoms with Gasteiger partial charge in [-0.1, -0.05) is 41.9 Å². The highest BCUT2D eigenvalue weighted by Gasteiger charge is 2.16. The van der Waals surface area contributed by atoms with Crippen molar-refractivity contribution in [3.05, 3.63) is 59.1 Å². The second-order valence-electron chi connectivity index (χ2n) is 6.92. The summed E-state index contributed by atoms with van der Waals surface area (Å²) in [7, 11) is 0. The summed E-state index contributed by atoms with van der Waals surface area (Å²) in [6, 6.07) is 16.0. The van der Waals surface area contributed by atoms with E-state index in [1.807, 2.05) is 30.3 Å². The van der Waals surface area contributed by atoms with E-state index in [1.54, 1.807) is 6.07 Å². The Morgan fingerprint density at radius 2 is 2.04 bits per heavy atom. The molecule has 1 heterocycles. The van der Waals surface area contributed by atoms with Gasteiger partial charge in [0.1, 0.15) is 0 Å². The SMILES string of the molecule is CC(Nc1ccc(NC(=O)CCC2CCNC2)cc1Cl)c1ccccc1.Cl. The molecule has 1 fully saturated rings. The van der Waals surface area contributed by atoms with Crippen LogP contribution in [0, 0.1) is 5.92 Å². The number of amides is 1. The van der Waals surface area contributed by atoms with Gasteiger partial charge < -0.3 is 16.0 Å². The second kappa shape index (κ2) is 10.5. The van der Waals surface area contributed by atoms with E-state index in [0.717, 1.165) is 30.9 Å². The maximum atomic E-state index is 12.1. The van der Waals surface area contributed by atoms with E-state index >= 15 is 0 Å². The van der Waals surface area contributed by atoms with Gasteiger partial charge >= 0.3 is 0 Å². The lowest BCUT2D eigenvalue weighted by atomic mass is 10.0. The zero-order valence-electron chi connectivity index (χ0n) is 15.5. The van der Waals surface area contributed by atoms with Crippen molar-refractivity contribution in [3.63, 3.8) is 0 Å². The van der Waals surface area contributed by atoms with Crippen LogP contribution in [-0.4, -0.2) is 19.0 Å². The molecule has 3 rings (SSSR count). The summed E-state index contributed by atoms with van der Waals surface area (Å²) in [5.74, 6) is 0.668. The molecule has 0 aromatic heterocycles. The van der Waals surface area contributed by atoms with Crippen molar-refractivity contribution in [2.75, 3.05) is 23.7 Å². The molecule has 1 saturated heterocycles. The Bertz CT molecular complexity index is 733. The Hall–Kier alpha value is -1.75. The lowest BCUT2D eigenvalue weighted by Crippen LogP contribution is -2.15. The number of hydrogen-bond donors (Lipinski definition) is 3. The fourth-order valence-corrected chi connectivity index (χ4v) is 3.52. The number of rotatable bonds is 7. The Kier molecular flexibility index (Phi) is 8.42. The average Bonchev–Trinajstić information content (AvgIpc) is 3.16. The molecule has 2 atom stereocenters. The topological polar surface area (TPSA) is 53.2 Å². The molecule has 0 radical (unpaired) electrons. The number of carbonyl (C=O) groups is 1. The van der Waals surface area contributed by atoms with Crippen molar-refractivity contribution in [2.45, 2.75) is 32.2 Å². The van der Waals surface area contributed by atoms with Crippen molar-refractivity contribution >= 4 is 41.3 Å². The van der Waals surface area contributed by atoms with Gasteiger partial charge in [0, 0.05) is 18.2 Å². The number of nitrogens with one attached hydrogen (secondary N) is 3. The number of carbonyl (C=O) groups excluding carboxylic acids is 1. The molecule has 0 spiro atoms. The van der Waals surface area contributed by atoms with Crippen LogP contribution in [0.5, 0.6) is 0 Å². The average molecular weight is 408 g/mol. The monoisotopic (exact) mass is 407 g/mol. The fraction of sp³-hybridized carbons (Fsp3) is 0.381. The largest absolute Gasteiger partial charge is 0.377 e. The highest BCUT2D eigenvalue weighted by molar-refractivity contribution is 6.33. The Labute approximate surface area is 172 Å². The van der Waals surface area contributed by atoms with E-state index in [9.17, 15) is 4.79 Å². The first kappa shape index (κ1) is 21.5. The van der Waals surface area contributed by atoms with Gasteiger partial charge in [-0.3, -0.25) is 4.79 Å². The molecular formula is C21H27Cl2N3O. The predicted molar refractivity (Wildman–Crippen MR) is 116 cm³/mol. The number of anilines is 2. The highest BCUT2D eigenvalue weighted by Crippen LogP contribution is 2.29. The third-order valence-electron chi connectivity index (χ3n) is 4.87. The van der Waals surface area contributed by atoms with Crippen LogP contribution in [0.25, 0.3) is 0 Å². The Morgan fingerprint density at radius 3 is 2.70 bits per heavy atom. The second-order valence-corrected chi connectivity index (χ2v) is 7.32. The molecule has 146 valence electrons. The van der Waals surface area contributed by atoms with E-state index in [0.29, 0.717) is 17.4 Å². The molecule has 6 heteroatoms. The Balaban J connectivity index is 0.00000261. The molecule has 3 N–H and O–H groups in total. The molecular weight excluding hydrogens is 381 g/mol. The normalized spacial score (nSPS) is 17.0. The maximum Gasteiger partial charge on any atom is 0.224 e. The third kappa shape index (κ3) is 6.42. The van der Waals surface area contributed by atoms with Crippen LogP contribution in [0.4, 0.5) is 11.4 Å². The molecule has 1 aliphatic rings. The molecule has 4 nitrogen and oxygen atoms in total. The minimum atomic E-state index is 0. The van der Waals surface area contributed by atoms with Crippen LogP contribution in [0.3, 0.4) is 0 Å². The van der Waals surface area contributed by atoms with Crippen molar-refractivity contribution < 1.29 is 4.79 Å². The summed E-state index contributed by atoms with van der Waals surface area (Å²) in [6.07, 6.45) is 2.65. The van der Waals surface area contributed by atoms with Gasteiger partial charge in [-0.05, 0) is 62.5 Å². The lowest BCUT2D eigenvalue weighted by Gasteiger charge is -2.17. The van der Waals surface area contributed by atoms with E-state index in [-0.39, 0.29) is 24.4 Å². The Morgan fingerprint density at radius 1 is 1.26 bits per heavy atom. The quantitative estimate of drug-likeness (QED) is 0.586. The molecule has 1 amide bonds. The van der Waals surface area contributed by atoms with Crippen molar-refractivity contribution in [2.24, 2.45) is 5.92 Å². The van der Waals surface area contributed by atoms with Crippen LogP contribution in [0.1, 0.15) is 37.8 Å². The molecule has 0 saturated carbocycles. The van der Waals surface area contributed by atoms with E-state index in [1.165, 1.54) is 12.0 Å². The third-order valence-corrected chi connectivity index (χ3v) is 5.18. The van der Waals surface area contributed by atoms with E-state index < -0.39 is 0 Å². The summed E-state index contributed by atoms with van der Waals surface area (Å²) in [5, 5.41) is 10.3. The summed E-state index contributed by atoms with van der Waals surface area (Å²) in [6.45, 7) is 4.19. The van der Waals surface area contributed by atoms with Crippen LogP contribution < -0.4 is 16.0 Å². The highest BCUT2D eigenvalue weighted by atomic mass is 35.5. The van der Waals surface area contributed by atoms with Gasteiger partial charge in [-0.15, -0.1) is 12.4 Å². The molecule has 2 aromatic rings.